The minimum atomic E-state index is 0.197. The Kier molecular flexibility index (Phi) is 6.09. The van der Waals surface area contributed by atoms with Gasteiger partial charge in [-0.2, -0.15) is 0 Å². The van der Waals surface area contributed by atoms with Gasteiger partial charge in [0.05, 0.1) is 22.1 Å². The van der Waals surface area contributed by atoms with Gasteiger partial charge >= 0.3 is 0 Å². The Bertz CT molecular complexity index is 3470. The molecule has 2 aromatic heterocycles. The van der Waals surface area contributed by atoms with Gasteiger partial charge in [-0.3, -0.25) is 0 Å². The highest BCUT2D eigenvalue weighted by molar-refractivity contribution is 6.22. The Morgan fingerprint density at radius 1 is 0.400 bits per heavy atom. The van der Waals surface area contributed by atoms with E-state index in [1.807, 2.05) is 0 Å². The maximum atomic E-state index is 2.58. The molecule has 2 nitrogen and oxygen atoms in total. The van der Waals surface area contributed by atoms with Crippen molar-refractivity contribution in [3.8, 4) is 44.8 Å². The predicted octanol–water partition coefficient (Wildman–Crippen LogP) is 14.4. The molecular formula is C58H42N2. The third-order valence-corrected chi connectivity index (χ3v) is 16.5. The normalized spacial score (nSPS) is 25.2. The van der Waals surface area contributed by atoms with Crippen LogP contribution in [0.25, 0.3) is 88.4 Å². The van der Waals surface area contributed by atoms with Gasteiger partial charge in [0.1, 0.15) is 0 Å². The first-order valence-electron chi connectivity index (χ1n) is 22.2. The summed E-state index contributed by atoms with van der Waals surface area (Å²) in [7, 11) is 0. The van der Waals surface area contributed by atoms with Crippen molar-refractivity contribution in [1.29, 1.82) is 0 Å². The summed E-state index contributed by atoms with van der Waals surface area (Å²) in [5.74, 6) is 5.60. The van der Waals surface area contributed by atoms with E-state index in [4.69, 9.17) is 0 Å². The molecule has 2 heteroatoms. The lowest BCUT2D eigenvalue weighted by Gasteiger charge is -2.54. The lowest BCUT2D eigenvalue weighted by atomic mass is 9.49. The van der Waals surface area contributed by atoms with Gasteiger partial charge in [0.2, 0.25) is 0 Å². The Balaban J connectivity index is 0.945. The zero-order chi connectivity index (χ0) is 38.8. The second-order valence-electron chi connectivity index (χ2n) is 18.8. The summed E-state index contributed by atoms with van der Waals surface area (Å²) in [6.07, 6.45) is 4.32. The second kappa shape index (κ2) is 11.3. The standard InChI is InChI=1S/C58H42N2/c1-2-13-34(14-3-1)35-15-10-16-38(30-35)59-50-23-8-5-18-43(50)55-41(20-11-25-52(55)59)42-21-12-26-53-56(42)44-19-6-9-24-51(44)60(53)39-27-28-48-45(33-39)40-17-4-7-22-47(40)58(48)37-29-36-31-49(58)57-46(32-37)54(36)57/h1-28,30,33,36-37,46,49,54,57H,29,31-32H2. The van der Waals surface area contributed by atoms with E-state index in [0.717, 1.165) is 35.5 Å². The molecule has 284 valence electrons. The molecule has 7 unspecified atom stereocenters. The topological polar surface area (TPSA) is 9.86 Å². The van der Waals surface area contributed by atoms with Crippen molar-refractivity contribution in [2.75, 3.05) is 0 Å². The quantitative estimate of drug-likeness (QED) is 0.169. The van der Waals surface area contributed by atoms with Crippen molar-refractivity contribution in [3.63, 3.8) is 0 Å². The summed E-state index contributed by atoms with van der Waals surface area (Å²) in [5, 5.41) is 5.17. The first-order valence-corrected chi connectivity index (χ1v) is 22.2. The van der Waals surface area contributed by atoms with E-state index in [2.05, 4.69) is 191 Å². The largest absolute Gasteiger partial charge is 0.309 e. The first-order chi connectivity index (χ1) is 29.8. The number of fused-ring (bicyclic) bond motifs is 9. The molecule has 0 radical (unpaired) electrons. The van der Waals surface area contributed by atoms with E-state index in [0.29, 0.717) is 0 Å². The minimum absolute atomic E-state index is 0.197. The zero-order valence-corrected chi connectivity index (χ0v) is 33.3. The van der Waals surface area contributed by atoms with Crippen molar-refractivity contribution in [2.45, 2.75) is 24.7 Å². The van der Waals surface area contributed by atoms with Crippen molar-refractivity contribution in [1.82, 2.24) is 9.13 Å². The van der Waals surface area contributed by atoms with Crippen molar-refractivity contribution in [3.05, 3.63) is 193 Å². The summed E-state index contributed by atoms with van der Waals surface area (Å²) >= 11 is 0. The van der Waals surface area contributed by atoms with Crippen LogP contribution in [0.4, 0.5) is 0 Å². The smallest absolute Gasteiger partial charge is 0.0547 e. The monoisotopic (exact) mass is 766 g/mol. The van der Waals surface area contributed by atoms with E-state index >= 15 is 0 Å². The highest BCUT2D eigenvalue weighted by atomic mass is 15.0. The van der Waals surface area contributed by atoms with Crippen LogP contribution in [-0.4, -0.2) is 9.13 Å². The number of aromatic nitrogens is 2. The molecule has 60 heavy (non-hydrogen) atoms. The van der Waals surface area contributed by atoms with E-state index in [1.54, 1.807) is 11.1 Å². The highest BCUT2D eigenvalue weighted by Gasteiger charge is 2.76. The molecule has 0 N–H and O–H groups in total. The maximum absolute atomic E-state index is 2.58. The third-order valence-electron chi connectivity index (χ3n) is 16.5. The van der Waals surface area contributed by atoms with Crippen LogP contribution in [0.15, 0.2) is 182 Å². The van der Waals surface area contributed by atoms with Gasteiger partial charge in [-0.05, 0) is 148 Å². The molecule has 4 bridgehead atoms. The van der Waals surface area contributed by atoms with Gasteiger partial charge < -0.3 is 9.13 Å². The van der Waals surface area contributed by atoms with Crippen LogP contribution in [0.3, 0.4) is 0 Å². The molecule has 16 rings (SSSR count). The van der Waals surface area contributed by atoms with Crippen LogP contribution in [0, 0.1) is 35.5 Å². The van der Waals surface area contributed by atoms with Crippen LogP contribution < -0.4 is 0 Å². The van der Waals surface area contributed by atoms with E-state index < -0.39 is 0 Å². The fraction of sp³-hybridized carbons (Fsp3) is 0.172. The summed E-state index contributed by atoms with van der Waals surface area (Å²) in [4.78, 5) is 0. The molecule has 6 aliphatic rings. The maximum Gasteiger partial charge on any atom is 0.0547 e. The third kappa shape index (κ3) is 3.87. The second-order valence-corrected chi connectivity index (χ2v) is 18.8. The highest BCUT2D eigenvalue weighted by Crippen LogP contribution is 2.82. The molecule has 2 heterocycles. The average molecular weight is 767 g/mol. The summed E-state index contributed by atoms with van der Waals surface area (Å²) in [6.45, 7) is 0. The fourth-order valence-corrected chi connectivity index (χ4v) is 14.6. The SMILES string of the molecule is c1ccc(-c2cccc(-n3c4ccccc4c4c(-c5cccc6c5c5ccccc5n6-c5ccc6c(c5)-c5ccccc5C65C6CC7CC5C5C(C6)C75)cccc43)c2)cc1. The molecule has 6 aliphatic carbocycles. The minimum Gasteiger partial charge on any atom is -0.309 e. The molecule has 5 fully saturated rings. The fourth-order valence-electron chi connectivity index (χ4n) is 14.6. The summed E-state index contributed by atoms with van der Waals surface area (Å²) < 4.78 is 5.02. The molecule has 10 aromatic rings. The molecule has 7 atom stereocenters. The number of rotatable bonds is 4. The molecule has 1 spiro atoms. The number of para-hydroxylation sites is 2. The molecular weight excluding hydrogens is 725 g/mol. The van der Waals surface area contributed by atoms with Crippen molar-refractivity contribution >= 4 is 43.6 Å². The summed E-state index contributed by atoms with van der Waals surface area (Å²) in [5.41, 5.74) is 18.8. The van der Waals surface area contributed by atoms with Crippen LogP contribution >= 0.6 is 0 Å². The van der Waals surface area contributed by atoms with Gasteiger partial charge in [-0.25, -0.2) is 0 Å². The van der Waals surface area contributed by atoms with Gasteiger partial charge in [0, 0.05) is 38.3 Å². The van der Waals surface area contributed by atoms with E-state index in [1.165, 1.54) is 108 Å². The van der Waals surface area contributed by atoms with Crippen molar-refractivity contribution in [2.24, 2.45) is 35.5 Å². The predicted molar refractivity (Wildman–Crippen MR) is 247 cm³/mol. The molecule has 0 amide bonds. The van der Waals surface area contributed by atoms with Crippen LogP contribution in [0.1, 0.15) is 30.4 Å². The molecule has 0 saturated heterocycles. The zero-order valence-electron chi connectivity index (χ0n) is 33.3. The van der Waals surface area contributed by atoms with Gasteiger partial charge in [0.15, 0.2) is 0 Å². The first kappa shape index (κ1) is 32.2. The van der Waals surface area contributed by atoms with Gasteiger partial charge in [0.25, 0.3) is 0 Å². The lowest BCUT2D eigenvalue weighted by Crippen LogP contribution is -2.50. The average Bonchev–Trinajstić information content (AvgIpc) is 3.51. The number of benzene rings is 8. The molecule has 0 aliphatic heterocycles. The van der Waals surface area contributed by atoms with Gasteiger partial charge in [-0.15, -0.1) is 0 Å². The Morgan fingerprint density at radius 3 is 1.72 bits per heavy atom. The molecule has 8 aromatic carbocycles. The van der Waals surface area contributed by atoms with Crippen LogP contribution in [-0.2, 0) is 5.41 Å². The van der Waals surface area contributed by atoms with Crippen LogP contribution in [0.2, 0.25) is 0 Å². The lowest BCUT2D eigenvalue weighted by molar-refractivity contribution is 0.0476. The van der Waals surface area contributed by atoms with Crippen molar-refractivity contribution < 1.29 is 0 Å². The Hall–Kier alpha value is -6.64. The number of hydrogen-bond acceptors (Lipinski definition) is 0. The van der Waals surface area contributed by atoms with E-state index in [9.17, 15) is 0 Å². The van der Waals surface area contributed by atoms with Crippen LogP contribution in [0.5, 0.6) is 0 Å². The number of nitrogens with zero attached hydrogens (tertiary/aromatic N) is 2. The Labute approximate surface area is 349 Å². The Morgan fingerprint density at radius 2 is 0.983 bits per heavy atom. The number of hydrogen-bond donors (Lipinski definition) is 0. The van der Waals surface area contributed by atoms with E-state index in [-0.39, 0.29) is 5.41 Å². The molecule has 5 saturated carbocycles. The summed E-state index contributed by atoms with van der Waals surface area (Å²) in [6, 6.07) is 68.8. The van der Waals surface area contributed by atoms with Gasteiger partial charge in [-0.1, -0.05) is 133 Å².